The molecule has 4 N–H and O–H groups in total. The zero-order valence-electron chi connectivity index (χ0n) is 19.1. The Labute approximate surface area is 218 Å². The number of anilines is 1. The van der Waals surface area contributed by atoms with Gasteiger partial charge in [0, 0.05) is 30.2 Å². The highest BCUT2D eigenvalue weighted by atomic mass is 32.1. The molecule has 2 heterocycles. The Balaban J connectivity index is 0.000000200. The molecule has 4 rings (SSSR count). The van der Waals surface area contributed by atoms with Crippen molar-refractivity contribution in [3.8, 4) is 0 Å². The highest BCUT2D eigenvalue weighted by Crippen LogP contribution is 2.11. The molecule has 36 heavy (non-hydrogen) atoms. The summed E-state index contributed by atoms with van der Waals surface area (Å²) in [5.74, 6) is 0. The molecule has 2 aromatic heterocycles. The summed E-state index contributed by atoms with van der Waals surface area (Å²) in [7, 11) is 0. The lowest BCUT2D eigenvalue weighted by atomic mass is 10.2. The number of aliphatic imine (C=N–C) groups is 1. The van der Waals surface area contributed by atoms with Gasteiger partial charge in [-0.1, -0.05) is 36.4 Å². The van der Waals surface area contributed by atoms with Crippen LogP contribution in [-0.4, -0.2) is 29.6 Å². The summed E-state index contributed by atoms with van der Waals surface area (Å²) in [6, 6.07) is 23.7. The number of nitrogen functional groups attached to an aromatic ring is 1. The van der Waals surface area contributed by atoms with E-state index in [0.717, 1.165) is 22.5 Å². The molecule has 0 spiro atoms. The normalized spacial score (nSPS) is 9.50. The van der Waals surface area contributed by atoms with Crippen molar-refractivity contribution >= 4 is 46.1 Å². The first kappa shape index (κ1) is 28.2. The minimum Gasteiger partial charge on any atom is -0.399 e. The zero-order valence-corrected chi connectivity index (χ0v) is 20.7. The Morgan fingerprint density at radius 2 is 1.22 bits per heavy atom. The van der Waals surface area contributed by atoms with Crippen molar-refractivity contribution < 1.29 is 10.2 Å². The van der Waals surface area contributed by atoms with Crippen molar-refractivity contribution in [2.45, 2.75) is 13.2 Å². The standard InChI is InChI=1S/C11H8N2O2S.C8H7NOS.C7H9NO/c14-9-5-1-3-7-12(9)11(16)13-8-4-2-6-10(13)15;10-5-7-1-3-8(4-2-7)9-6-11;8-7-3-1-6(5-9)2-4-7/h1-8H;1-4,10H,5H2;1-4,9H,5,8H2. The average Bonchev–Trinajstić information content (AvgIpc) is 2.91. The fourth-order valence-electron chi connectivity index (χ4n) is 2.64. The topological polar surface area (TPSA) is 123 Å². The summed E-state index contributed by atoms with van der Waals surface area (Å²) in [6.07, 6.45) is 3.06. The molecule has 0 atom stereocenters. The number of hydrogen-bond donors (Lipinski definition) is 3. The van der Waals surface area contributed by atoms with Crippen molar-refractivity contribution in [1.29, 1.82) is 0 Å². The number of nitrogens with zero attached hydrogens (tertiary/aromatic N) is 3. The molecule has 0 unspecified atom stereocenters. The molecule has 0 aliphatic carbocycles. The SMILES string of the molecule is Nc1ccc(CO)cc1.O=c1ccccn1C(=S)n1ccccc1=O.OCc1ccc(N=C=S)cc1. The number of aliphatic hydroxyl groups is 2. The monoisotopic (exact) mass is 520 g/mol. The van der Waals surface area contributed by atoms with Crippen molar-refractivity contribution in [1.82, 2.24) is 9.13 Å². The van der Waals surface area contributed by atoms with Crippen LogP contribution in [0.3, 0.4) is 0 Å². The van der Waals surface area contributed by atoms with Crippen molar-refractivity contribution in [3.63, 3.8) is 0 Å². The molecule has 4 aromatic rings. The Morgan fingerprint density at radius 1 is 0.778 bits per heavy atom. The lowest BCUT2D eigenvalue weighted by Crippen LogP contribution is -2.35. The minimum absolute atomic E-state index is 0.0571. The fourth-order valence-corrected chi connectivity index (χ4v) is 3.05. The lowest BCUT2D eigenvalue weighted by molar-refractivity contribution is 0.281. The van der Waals surface area contributed by atoms with E-state index >= 15 is 0 Å². The third kappa shape index (κ3) is 8.95. The molecule has 0 amide bonds. The molecule has 0 bridgehead atoms. The largest absolute Gasteiger partial charge is 0.399 e. The van der Waals surface area contributed by atoms with Gasteiger partial charge in [0.05, 0.1) is 24.1 Å². The maximum Gasteiger partial charge on any atom is 0.256 e. The first-order valence-corrected chi connectivity index (χ1v) is 11.3. The van der Waals surface area contributed by atoms with Crippen LogP contribution in [0.2, 0.25) is 0 Å². The number of benzene rings is 2. The molecule has 0 radical (unpaired) electrons. The van der Waals surface area contributed by atoms with E-state index in [1.807, 2.05) is 0 Å². The Morgan fingerprint density at radius 3 is 1.61 bits per heavy atom. The van der Waals surface area contributed by atoms with Crippen LogP contribution in [0.5, 0.6) is 0 Å². The summed E-state index contributed by atoms with van der Waals surface area (Å²) in [5.41, 5.74) is 8.13. The molecular formula is C26H24N4O4S2. The van der Waals surface area contributed by atoms with Gasteiger partial charge in [0.15, 0.2) is 5.11 Å². The van der Waals surface area contributed by atoms with Crippen LogP contribution in [0, 0.1) is 0 Å². The lowest BCUT2D eigenvalue weighted by Gasteiger charge is -2.08. The summed E-state index contributed by atoms with van der Waals surface area (Å²) < 4.78 is 2.49. The summed E-state index contributed by atoms with van der Waals surface area (Å²) >= 11 is 9.52. The summed E-state index contributed by atoms with van der Waals surface area (Å²) in [6.45, 7) is 0.141. The van der Waals surface area contributed by atoms with Crippen LogP contribution in [0.4, 0.5) is 11.4 Å². The molecule has 10 heteroatoms. The number of hydrogen-bond acceptors (Lipinski definition) is 8. The van der Waals surface area contributed by atoms with Crippen molar-refractivity contribution in [2.24, 2.45) is 4.99 Å². The van der Waals surface area contributed by atoms with Crippen LogP contribution < -0.4 is 16.9 Å². The van der Waals surface area contributed by atoms with Crippen LogP contribution in [0.1, 0.15) is 11.1 Å². The maximum absolute atomic E-state index is 11.5. The maximum atomic E-state index is 11.5. The first-order chi connectivity index (χ1) is 17.4. The van der Waals surface area contributed by atoms with Gasteiger partial charge in [0.25, 0.3) is 11.1 Å². The Kier molecular flexibility index (Phi) is 11.8. The van der Waals surface area contributed by atoms with Crippen molar-refractivity contribution in [3.05, 3.63) is 129 Å². The Bertz CT molecular complexity index is 1370. The van der Waals surface area contributed by atoms with Crippen LogP contribution >= 0.6 is 24.4 Å². The van der Waals surface area contributed by atoms with E-state index in [2.05, 4.69) is 22.4 Å². The number of aliphatic hydroxyl groups excluding tert-OH is 2. The van der Waals surface area contributed by atoms with E-state index in [0.29, 0.717) is 0 Å². The predicted octanol–water partition coefficient (Wildman–Crippen LogP) is 3.37. The molecule has 0 aliphatic heterocycles. The van der Waals surface area contributed by atoms with Gasteiger partial charge in [-0.15, -0.1) is 0 Å². The third-order valence-electron chi connectivity index (χ3n) is 4.51. The van der Waals surface area contributed by atoms with Crippen LogP contribution in [0.15, 0.2) is 112 Å². The van der Waals surface area contributed by atoms with Crippen LogP contribution in [0.25, 0.3) is 0 Å². The molecule has 0 saturated carbocycles. The van der Waals surface area contributed by atoms with E-state index in [4.69, 9.17) is 28.2 Å². The quantitative estimate of drug-likeness (QED) is 0.215. The average molecular weight is 521 g/mol. The molecule has 0 saturated heterocycles. The van der Waals surface area contributed by atoms with E-state index in [9.17, 15) is 9.59 Å². The molecule has 0 fully saturated rings. The molecule has 2 aromatic carbocycles. The van der Waals surface area contributed by atoms with Gasteiger partial charge >= 0.3 is 0 Å². The van der Waals surface area contributed by atoms with Crippen LogP contribution in [-0.2, 0) is 13.2 Å². The second kappa shape index (κ2) is 15.0. The Hall–Kier alpha value is -4.05. The summed E-state index contributed by atoms with van der Waals surface area (Å²) in [4.78, 5) is 26.8. The zero-order chi connectivity index (χ0) is 26.3. The number of thiocarbonyl (C=S) groups is 2. The second-order valence-electron chi connectivity index (χ2n) is 7.03. The van der Waals surface area contributed by atoms with Gasteiger partial charge in [0.1, 0.15) is 0 Å². The van der Waals surface area contributed by atoms with Gasteiger partial charge in [0.2, 0.25) is 0 Å². The molecule has 0 aliphatic rings. The number of pyridine rings is 2. The highest BCUT2D eigenvalue weighted by Gasteiger charge is 2.04. The number of isothiocyanates is 1. The van der Waals surface area contributed by atoms with E-state index in [-0.39, 0.29) is 29.4 Å². The van der Waals surface area contributed by atoms with Gasteiger partial charge in [-0.25, -0.2) is 0 Å². The van der Waals surface area contributed by atoms with E-state index < -0.39 is 0 Å². The van der Waals surface area contributed by atoms with Gasteiger partial charge in [-0.05, 0) is 72.0 Å². The molecule has 8 nitrogen and oxygen atoms in total. The molecular weight excluding hydrogens is 496 g/mol. The number of aromatic nitrogens is 2. The van der Waals surface area contributed by atoms with Gasteiger partial charge in [-0.2, -0.15) is 4.99 Å². The number of nitrogens with two attached hydrogens (primary N) is 1. The molecule has 184 valence electrons. The predicted molar refractivity (Wildman–Crippen MR) is 149 cm³/mol. The summed E-state index contributed by atoms with van der Waals surface area (Å²) in [5, 5.41) is 19.7. The second-order valence-corrected chi connectivity index (χ2v) is 7.58. The first-order valence-electron chi connectivity index (χ1n) is 10.5. The van der Waals surface area contributed by atoms with Gasteiger partial charge in [-0.3, -0.25) is 18.7 Å². The van der Waals surface area contributed by atoms with E-state index in [1.165, 1.54) is 33.7 Å². The fraction of sp³-hybridized carbons (Fsp3) is 0.0769. The van der Waals surface area contributed by atoms with Gasteiger partial charge < -0.3 is 15.9 Å². The van der Waals surface area contributed by atoms with Crippen molar-refractivity contribution in [2.75, 3.05) is 5.73 Å². The smallest absolute Gasteiger partial charge is 0.256 e. The highest BCUT2D eigenvalue weighted by molar-refractivity contribution is 7.80. The van der Waals surface area contributed by atoms with E-state index in [1.54, 1.807) is 72.8 Å². The third-order valence-corrected chi connectivity index (χ3v) is 5.00. The minimum atomic E-state index is -0.261. The number of rotatable bonds is 3.